The molecule has 1 amide bonds. The zero-order valence-corrected chi connectivity index (χ0v) is 15.7. The molecule has 29 heavy (non-hydrogen) atoms. The van der Waals surface area contributed by atoms with Crippen LogP contribution in [0.4, 0.5) is 15.9 Å². The third kappa shape index (κ3) is 4.43. The van der Waals surface area contributed by atoms with Gasteiger partial charge in [0, 0.05) is 24.4 Å². The fourth-order valence-corrected chi connectivity index (χ4v) is 2.97. The van der Waals surface area contributed by atoms with E-state index in [1.807, 2.05) is 0 Å². The molecule has 0 spiro atoms. The van der Waals surface area contributed by atoms with Gasteiger partial charge in [-0.15, -0.1) is 0 Å². The number of rotatable bonds is 6. The van der Waals surface area contributed by atoms with Crippen LogP contribution in [0.5, 0.6) is 11.5 Å². The number of carbonyl (C=O) groups is 1. The summed E-state index contributed by atoms with van der Waals surface area (Å²) in [6.07, 6.45) is 0.494. The lowest BCUT2D eigenvalue weighted by Gasteiger charge is -2.10. The quantitative estimate of drug-likeness (QED) is 0.665. The Balaban J connectivity index is 1.42. The molecule has 1 aliphatic heterocycles. The van der Waals surface area contributed by atoms with E-state index in [4.69, 9.17) is 9.47 Å². The largest absolute Gasteiger partial charge is 0.454 e. The highest BCUT2D eigenvalue weighted by Crippen LogP contribution is 2.34. The van der Waals surface area contributed by atoms with Crippen molar-refractivity contribution in [1.82, 2.24) is 9.97 Å². The van der Waals surface area contributed by atoms with Crippen LogP contribution in [-0.4, -0.2) is 29.2 Å². The fourth-order valence-electron chi connectivity index (χ4n) is 2.97. The summed E-state index contributed by atoms with van der Waals surface area (Å²) in [6, 6.07) is 13.4. The van der Waals surface area contributed by atoms with Gasteiger partial charge in [0.15, 0.2) is 11.5 Å². The van der Waals surface area contributed by atoms with Crippen molar-refractivity contribution in [2.24, 2.45) is 0 Å². The van der Waals surface area contributed by atoms with Gasteiger partial charge in [-0.1, -0.05) is 18.2 Å². The predicted octanol–water partition coefficient (Wildman–Crippen LogP) is 3.56. The molecule has 1 aliphatic rings. The number of aromatic nitrogens is 2. The number of hydrogen-bond acceptors (Lipinski definition) is 6. The molecule has 0 bridgehead atoms. The van der Waals surface area contributed by atoms with Gasteiger partial charge in [-0.25, -0.2) is 14.4 Å². The molecule has 0 aliphatic carbocycles. The van der Waals surface area contributed by atoms with Gasteiger partial charge in [-0.2, -0.15) is 0 Å². The van der Waals surface area contributed by atoms with Crippen LogP contribution in [0.15, 0.2) is 48.5 Å². The van der Waals surface area contributed by atoms with Crippen molar-refractivity contribution in [3.8, 4) is 11.5 Å². The summed E-state index contributed by atoms with van der Waals surface area (Å²) in [7, 11) is 0. The molecule has 2 aromatic carbocycles. The number of nitrogens with one attached hydrogen (secondary N) is 2. The van der Waals surface area contributed by atoms with Crippen LogP contribution in [0, 0.1) is 12.7 Å². The van der Waals surface area contributed by atoms with Crippen molar-refractivity contribution in [2.75, 3.05) is 24.0 Å². The van der Waals surface area contributed by atoms with Crippen LogP contribution >= 0.6 is 0 Å². The van der Waals surface area contributed by atoms with Crippen LogP contribution in [0.3, 0.4) is 0 Å². The van der Waals surface area contributed by atoms with Gasteiger partial charge in [0.1, 0.15) is 23.2 Å². The average Bonchev–Trinajstić information content (AvgIpc) is 3.17. The molecule has 148 valence electrons. The number of ether oxygens (including phenoxy) is 2. The molecular formula is C21H19FN4O3. The Kier molecular flexibility index (Phi) is 5.24. The summed E-state index contributed by atoms with van der Waals surface area (Å²) in [6.45, 7) is 2.35. The second-order valence-corrected chi connectivity index (χ2v) is 6.48. The number of hydrogen-bond donors (Lipinski definition) is 2. The number of fused-ring (bicyclic) bond motifs is 1. The Labute approximate surface area is 166 Å². The number of anilines is 2. The standard InChI is InChI=1S/C21H19FN4O3/c1-13-24-17(21(27)26-15-6-7-18-19(10-15)29-12-28-18)11-20(25-13)23-9-8-14-4-2-3-5-16(14)22/h2-7,10-11H,8-9,12H2,1H3,(H,26,27)(H,23,24,25). The maximum Gasteiger partial charge on any atom is 0.274 e. The lowest BCUT2D eigenvalue weighted by molar-refractivity contribution is 0.102. The van der Waals surface area contributed by atoms with Crippen molar-refractivity contribution < 1.29 is 18.7 Å². The molecule has 0 saturated heterocycles. The van der Waals surface area contributed by atoms with Crippen LogP contribution in [-0.2, 0) is 6.42 Å². The topological polar surface area (TPSA) is 85.4 Å². The molecule has 0 atom stereocenters. The Morgan fingerprint density at radius 3 is 2.79 bits per heavy atom. The normalized spacial score (nSPS) is 11.9. The summed E-state index contributed by atoms with van der Waals surface area (Å²) >= 11 is 0. The summed E-state index contributed by atoms with van der Waals surface area (Å²) in [5, 5.41) is 5.91. The van der Waals surface area contributed by atoms with Crippen molar-refractivity contribution in [3.05, 3.63) is 71.4 Å². The molecule has 0 unspecified atom stereocenters. The van der Waals surface area contributed by atoms with Gasteiger partial charge < -0.3 is 20.1 Å². The van der Waals surface area contributed by atoms with Crippen LogP contribution in [0.2, 0.25) is 0 Å². The van der Waals surface area contributed by atoms with Gasteiger partial charge in [0.25, 0.3) is 5.91 Å². The maximum atomic E-state index is 13.7. The third-order valence-corrected chi connectivity index (χ3v) is 4.36. The van der Waals surface area contributed by atoms with E-state index < -0.39 is 0 Å². The van der Waals surface area contributed by atoms with Gasteiger partial charge in [-0.05, 0) is 37.1 Å². The van der Waals surface area contributed by atoms with Crippen molar-refractivity contribution >= 4 is 17.4 Å². The highest BCUT2D eigenvalue weighted by Gasteiger charge is 2.16. The molecule has 3 aromatic rings. The van der Waals surface area contributed by atoms with Crippen LogP contribution < -0.4 is 20.1 Å². The van der Waals surface area contributed by atoms with E-state index in [0.29, 0.717) is 47.4 Å². The Bertz CT molecular complexity index is 1060. The second-order valence-electron chi connectivity index (χ2n) is 6.48. The Hall–Kier alpha value is -3.68. The first-order valence-electron chi connectivity index (χ1n) is 9.12. The van der Waals surface area contributed by atoms with Crippen LogP contribution in [0.1, 0.15) is 21.9 Å². The van der Waals surface area contributed by atoms with Gasteiger partial charge in [0.05, 0.1) is 0 Å². The minimum atomic E-state index is -0.369. The van der Waals surface area contributed by atoms with Crippen molar-refractivity contribution in [2.45, 2.75) is 13.3 Å². The Morgan fingerprint density at radius 1 is 1.10 bits per heavy atom. The molecule has 0 fully saturated rings. The summed E-state index contributed by atoms with van der Waals surface area (Å²) in [5.41, 5.74) is 1.42. The second kappa shape index (κ2) is 8.14. The molecule has 1 aromatic heterocycles. The Morgan fingerprint density at radius 2 is 1.93 bits per heavy atom. The SMILES string of the molecule is Cc1nc(NCCc2ccccc2F)cc(C(=O)Nc2ccc3c(c2)OCO3)n1. The summed E-state index contributed by atoms with van der Waals surface area (Å²) in [4.78, 5) is 21.1. The fraction of sp³-hybridized carbons (Fsp3) is 0.190. The van der Waals surface area contributed by atoms with Crippen molar-refractivity contribution in [1.29, 1.82) is 0 Å². The molecule has 2 heterocycles. The first kappa shape index (κ1) is 18.7. The molecule has 4 rings (SSSR count). The van der Waals surface area contributed by atoms with Gasteiger partial charge >= 0.3 is 0 Å². The minimum absolute atomic E-state index is 0.166. The van der Waals surface area contributed by atoms with E-state index in [2.05, 4.69) is 20.6 Å². The number of benzene rings is 2. The predicted molar refractivity (Wildman–Crippen MR) is 106 cm³/mol. The number of amides is 1. The van der Waals surface area contributed by atoms with Crippen LogP contribution in [0.25, 0.3) is 0 Å². The number of carbonyl (C=O) groups excluding carboxylic acids is 1. The van der Waals surface area contributed by atoms with E-state index in [0.717, 1.165) is 0 Å². The first-order chi connectivity index (χ1) is 14.1. The average molecular weight is 394 g/mol. The summed E-state index contributed by atoms with van der Waals surface area (Å²) in [5.74, 6) is 1.57. The van der Waals surface area contributed by atoms with Gasteiger partial charge in [-0.3, -0.25) is 4.79 Å². The lowest BCUT2D eigenvalue weighted by atomic mass is 10.1. The van der Waals surface area contributed by atoms with E-state index >= 15 is 0 Å². The molecular weight excluding hydrogens is 375 g/mol. The zero-order valence-electron chi connectivity index (χ0n) is 15.7. The highest BCUT2D eigenvalue weighted by atomic mass is 19.1. The number of halogens is 1. The number of aryl methyl sites for hydroxylation is 1. The maximum absolute atomic E-state index is 13.7. The first-order valence-corrected chi connectivity index (χ1v) is 9.12. The van der Waals surface area contributed by atoms with Gasteiger partial charge in [0.2, 0.25) is 6.79 Å². The van der Waals surface area contributed by atoms with E-state index in [-0.39, 0.29) is 24.2 Å². The zero-order chi connectivity index (χ0) is 20.2. The molecule has 2 N–H and O–H groups in total. The number of nitrogens with zero attached hydrogens (tertiary/aromatic N) is 2. The van der Waals surface area contributed by atoms with Crippen molar-refractivity contribution in [3.63, 3.8) is 0 Å². The van der Waals surface area contributed by atoms with E-state index in [9.17, 15) is 9.18 Å². The monoisotopic (exact) mass is 394 g/mol. The minimum Gasteiger partial charge on any atom is -0.454 e. The summed E-state index contributed by atoms with van der Waals surface area (Å²) < 4.78 is 24.3. The highest BCUT2D eigenvalue weighted by molar-refractivity contribution is 6.03. The lowest BCUT2D eigenvalue weighted by Crippen LogP contribution is -2.16. The third-order valence-electron chi connectivity index (χ3n) is 4.36. The molecule has 7 nitrogen and oxygen atoms in total. The molecule has 8 heteroatoms. The molecule has 0 radical (unpaired) electrons. The van der Waals surface area contributed by atoms with E-state index in [1.165, 1.54) is 6.07 Å². The molecule has 0 saturated carbocycles. The van der Waals surface area contributed by atoms with E-state index in [1.54, 1.807) is 49.4 Å². The smallest absolute Gasteiger partial charge is 0.274 e.